The van der Waals surface area contributed by atoms with Crippen molar-refractivity contribution in [3.8, 4) is 0 Å². The molecule has 0 aliphatic heterocycles. The van der Waals surface area contributed by atoms with Crippen molar-refractivity contribution >= 4 is 28.1 Å². The van der Waals surface area contributed by atoms with Crippen molar-refractivity contribution in [2.45, 2.75) is 31.2 Å². The molecule has 0 aliphatic carbocycles. The highest BCUT2D eigenvalue weighted by Gasteiger charge is 2.27. The highest BCUT2D eigenvalue weighted by atomic mass is 35.5. The van der Waals surface area contributed by atoms with Crippen molar-refractivity contribution in [3.05, 3.63) is 23.8 Å². The molecule has 0 aromatic heterocycles. The molecule has 134 valence electrons. The molecule has 1 unspecified atom stereocenters. The van der Waals surface area contributed by atoms with Gasteiger partial charge in [0.05, 0.1) is 4.90 Å². The number of hydrogen-bond donors (Lipinski definition) is 2. The molecule has 0 saturated carbocycles. The Morgan fingerprint density at radius 3 is 2.22 bits per heavy atom. The van der Waals surface area contributed by atoms with Crippen LogP contribution in [0.15, 0.2) is 23.1 Å². The van der Waals surface area contributed by atoms with Gasteiger partial charge in [0, 0.05) is 24.8 Å². The lowest BCUT2D eigenvalue weighted by molar-refractivity contribution is 0.381. The third-order valence-corrected chi connectivity index (χ3v) is 5.75. The lowest BCUT2D eigenvalue weighted by atomic mass is 10.0. The molecule has 0 spiro atoms. The molecule has 0 heterocycles. The van der Waals surface area contributed by atoms with Crippen LogP contribution in [0.5, 0.6) is 0 Å². The number of anilines is 1. The van der Waals surface area contributed by atoms with Gasteiger partial charge in [-0.3, -0.25) is 0 Å². The standard InChI is InChI=1S/C15H28N4O2S.ClH/c1-5-19(6-2)22(20,21)15-11-12(16)7-8-13(15)14(17)9-10-18(3)4;/h7-8,11,14H,5-6,9-10,16-17H2,1-4H3;1H. The summed E-state index contributed by atoms with van der Waals surface area (Å²) in [7, 11) is 0.345. The number of benzene rings is 1. The molecule has 1 aromatic carbocycles. The van der Waals surface area contributed by atoms with Gasteiger partial charge in [0.1, 0.15) is 0 Å². The Balaban J connectivity index is 0.00000484. The average molecular weight is 365 g/mol. The summed E-state index contributed by atoms with van der Waals surface area (Å²) < 4.78 is 27.0. The SMILES string of the molecule is CCN(CC)S(=O)(=O)c1cc(N)ccc1C(N)CCN(C)C.Cl. The van der Waals surface area contributed by atoms with E-state index in [2.05, 4.69) is 0 Å². The van der Waals surface area contributed by atoms with Gasteiger partial charge < -0.3 is 16.4 Å². The summed E-state index contributed by atoms with van der Waals surface area (Å²) in [5.74, 6) is 0. The summed E-state index contributed by atoms with van der Waals surface area (Å²) >= 11 is 0. The second-order valence-corrected chi connectivity index (χ2v) is 7.49. The number of halogens is 1. The van der Waals surface area contributed by atoms with Crippen LogP contribution in [0, 0.1) is 0 Å². The first-order chi connectivity index (χ1) is 10.2. The molecular formula is C15H29ClN4O2S. The zero-order chi connectivity index (χ0) is 16.9. The Kier molecular flexibility index (Phi) is 9.09. The lowest BCUT2D eigenvalue weighted by Crippen LogP contribution is -2.32. The first kappa shape index (κ1) is 22.1. The maximum absolute atomic E-state index is 12.8. The second kappa shape index (κ2) is 9.44. The topological polar surface area (TPSA) is 92.7 Å². The van der Waals surface area contributed by atoms with E-state index >= 15 is 0 Å². The molecule has 0 aliphatic rings. The van der Waals surface area contributed by atoms with Gasteiger partial charge in [-0.15, -0.1) is 12.4 Å². The Morgan fingerprint density at radius 1 is 1.17 bits per heavy atom. The summed E-state index contributed by atoms with van der Waals surface area (Å²) in [5, 5.41) is 0. The fourth-order valence-corrected chi connectivity index (χ4v) is 4.10. The summed E-state index contributed by atoms with van der Waals surface area (Å²) in [6.07, 6.45) is 0.678. The molecule has 0 bridgehead atoms. The summed E-state index contributed by atoms with van der Waals surface area (Å²) in [4.78, 5) is 2.25. The molecule has 6 nitrogen and oxygen atoms in total. The first-order valence-corrected chi connectivity index (χ1v) is 8.97. The van der Waals surface area contributed by atoms with E-state index in [0.717, 1.165) is 6.54 Å². The third kappa shape index (κ3) is 5.61. The highest BCUT2D eigenvalue weighted by molar-refractivity contribution is 7.89. The van der Waals surface area contributed by atoms with Crippen LogP contribution in [-0.2, 0) is 10.0 Å². The van der Waals surface area contributed by atoms with Crippen LogP contribution in [0.1, 0.15) is 31.9 Å². The van der Waals surface area contributed by atoms with Gasteiger partial charge in [-0.05, 0) is 44.8 Å². The van der Waals surface area contributed by atoms with E-state index in [-0.39, 0.29) is 23.3 Å². The summed E-state index contributed by atoms with van der Waals surface area (Å²) in [5.41, 5.74) is 13.1. The van der Waals surface area contributed by atoms with Crippen molar-refractivity contribution in [3.63, 3.8) is 0 Å². The zero-order valence-corrected chi connectivity index (χ0v) is 16.0. The smallest absolute Gasteiger partial charge is 0.243 e. The minimum absolute atomic E-state index is 0. The van der Waals surface area contributed by atoms with Crippen LogP contribution in [0.2, 0.25) is 0 Å². The predicted octanol–water partition coefficient (Wildman–Crippen LogP) is 1.67. The average Bonchev–Trinajstić information content (AvgIpc) is 2.45. The number of sulfonamides is 1. The Bertz CT molecular complexity index is 589. The maximum Gasteiger partial charge on any atom is 0.243 e. The van der Waals surface area contributed by atoms with Gasteiger partial charge in [-0.2, -0.15) is 4.31 Å². The third-order valence-electron chi connectivity index (χ3n) is 3.65. The summed E-state index contributed by atoms with van der Waals surface area (Å²) in [6.45, 7) is 5.26. The van der Waals surface area contributed by atoms with E-state index in [9.17, 15) is 8.42 Å². The minimum Gasteiger partial charge on any atom is -0.399 e. The molecule has 8 heteroatoms. The number of nitrogen functional groups attached to an aromatic ring is 1. The number of rotatable bonds is 8. The number of hydrogen-bond acceptors (Lipinski definition) is 5. The quantitative estimate of drug-likeness (QED) is 0.684. The predicted molar refractivity (Wildman–Crippen MR) is 98.3 cm³/mol. The van der Waals surface area contributed by atoms with Crippen molar-refractivity contribution in [1.82, 2.24) is 9.21 Å². The Labute approximate surface area is 146 Å². The minimum atomic E-state index is -3.58. The van der Waals surface area contributed by atoms with Crippen LogP contribution in [-0.4, -0.2) is 51.4 Å². The van der Waals surface area contributed by atoms with Crippen molar-refractivity contribution in [1.29, 1.82) is 0 Å². The van der Waals surface area contributed by atoms with Gasteiger partial charge in [0.2, 0.25) is 10.0 Å². The Morgan fingerprint density at radius 2 is 1.74 bits per heavy atom. The molecule has 0 amide bonds. The fourth-order valence-electron chi connectivity index (χ4n) is 2.34. The molecule has 1 rings (SSSR count). The van der Waals surface area contributed by atoms with Crippen LogP contribution in [0.3, 0.4) is 0 Å². The van der Waals surface area contributed by atoms with Gasteiger partial charge in [-0.1, -0.05) is 19.9 Å². The number of nitrogens with two attached hydrogens (primary N) is 2. The van der Waals surface area contributed by atoms with Gasteiger partial charge in [0.25, 0.3) is 0 Å². The van der Waals surface area contributed by atoms with Gasteiger partial charge >= 0.3 is 0 Å². The van der Waals surface area contributed by atoms with Gasteiger partial charge in [-0.25, -0.2) is 8.42 Å². The highest BCUT2D eigenvalue weighted by Crippen LogP contribution is 2.28. The molecule has 23 heavy (non-hydrogen) atoms. The monoisotopic (exact) mass is 364 g/mol. The number of nitrogens with zero attached hydrogens (tertiary/aromatic N) is 2. The van der Waals surface area contributed by atoms with E-state index < -0.39 is 10.0 Å². The summed E-state index contributed by atoms with van der Waals surface area (Å²) in [6, 6.07) is 4.60. The van der Waals surface area contributed by atoms with Crippen molar-refractivity contribution in [2.24, 2.45) is 5.73 Å². The first-order valence-electron chi connectivity index (χ1n) is 7.53. The molecule has 0 saturated heterocycles. The zero-order valence-electron chi connectivity index (χ0n) is 14.3. The van der Waals surface area contributed by atoms with E-state index in [0.29, 0.717) is 30.8 Å². The van der Waals surface area contributed by atoms with Gasteiger partial charge in [0.15, 0.2) is 0 Å². The van der Waals surface area contributed by atoms with E-state index in [4.69, 9.17) is 11.5 Å². The van der Waals surface area contributed by atoms with Crippen molar-refractivity contribution in [2.75, 3.05) is 39.5 Å². The molecule has 0 fully saturated rings. The molecule has 1 atom stereocenters. The lowest BCUT2D eigenvalue weighted by Gasteiger charge is -2.23. The molecule has 0 radical (unpaired) electrons. The van der Waals surface area contributed by atoms with Crippen LogP contribution < -0.4 is 11.5 Å². The van der Waals surface area contributed by atoms with E-state index in [1.807, 2.05) is 32.8 Å². The molecular weight excluding hydrogens is 336 g/mol. The fraction of sp³-hybridized carbons (Fsp3) is 0.600. The van der Waals surface area contributed by atoms with E-state index in [1.54, 1.807) is 12.1 Å². The van der Waals surface area contributed by atoms with E-state index in [1.165, 1.54) is 10.4 Å². The van der Waals surface area contributed by atoms with Crippen LogP contribution in [0.4, 0.5) is 5.69 Å². The van der Waals surface area contributed by atoms with Crippen LogP contribution in [0.25, 0.3) is 0 Å². The molecule has 1 aromatic rings. The molecule has 4 N–H and O–H groups in total. The maximum atomic E-state index is 12.8. The second-order valence-electron chi connectivity index (χ2n) is 5.59. The normalized spacial score (nSPS) is 13.2. The van der Waals surface area contributed by atoms with Crippen molar-refractivity contribution < 1.29 is 8.42 Å². The van der Waals surface area contributed by atoms with Crippen LogP contribution >= 0.6 is 12.4 Å². The Hall–Kier alpha value is -0.860. The largest absolute Gasteiger partial charge is 0.399 e.